The van der Waals surface area contributed by atoms with E-state index in [2.05, 4.69) is 202 Å². The molecule has 2 atom stereocenters. The fraction of sp³-hybridized carbons (Fsp3) is 0.613. The van der Waals surface area contributed by atoms with Crippen LogP contribution in [0.4, 0.5) is 0 Å². The quantitative estimate of drug-likeness (QED) is 0.0690. The van der Waals surface area contributed by atoms with Crippen molar-refractivity contribution >= 4 is 18.5 Å². The topological polar surface area (TPSA) is 0 Å². The number of hydrogen-bond acceptors (Lipinski definition) is 0. The van der Waals surface area contributed by atoms with Gasteiger partial charge >= 0.3 is 0 Å². The van der Waals surface area contributed by atoms with Crippen LogP contribution in [0.5, 0.6) is 0 Å². The highest BCUT2D eigenvalue weighted by Gasteiger charge is 2.64. The largest absolute Gasteiger partial charge is 0.121 e. The van der Waals surface area contributed by atoms with Gasteiger partial charge in [-0.05, 0) is 178 Å². The minimum Gasteiger partial charge on any atom is -0.121 e. The lowest BCUT2D eigenvalue weighted by Crippen LogP contribution is -2.58. The van der Waals surface area contributed by atoms with Gasteiger partial charge in [-0.1, -0.05) is 190 Å². The number of benzene rings is 4. The molecular weight excluding hydrogens is 807 g/mol. The van der Waals surface area contributed by atoms with Gasteiger partial charge < -0.3 is 0 Å². The summed E-state index contributed by atoms with van der Waals surface area (Å²) in [6.07, 6.45) is 12.3. The molecule has 0 N–H and O–H groups in total. The van der Waals surface area contributed by atoms with E-state index >= 15 is 0 Å². The van der Waals surface area contributed by atoms with Crippen molar-refractivity contribution in [1.82, 2.24) is 0 Å². The summed E-state index contributed by atoms with van der Waals surface area (Å²) in [6, 6.07) is 31.7. The average Bonchev–Trinajstić information content (AvgIpc) is 3.11. The molecule has 4 aromatic carbocycles. The van der Waals surface area contributed by atoms with Gasteiger partial charge in [-0.15, -0.1) is 18.5 Å². The zero-order valence-corrected chi connectivity index (χ0v) is 46.3. The molecule has 64 heavy (non-hydrogen) atoms. The van der Waals surface area contributed by atoms with Crippen molar-refractivity contribution in [2.75, 3.05) is 0 Å². The number of hydrogen-bond donors (Lipinski definition) is 0. The van der Waals surface area contributed by atoms with Gasteiger partial charge in [0.1, 0.15) is 0 Å². The fourth-order valence-corrected chi connectivity index (χ4v) is 13.6. The molecule has 0 radical (unpaired) electrons. The smallest absolute Gasteiger partial charge is 0.0415 e. The van der Waals surface area contributed by atoms with Crippen molar-refractivity contribution < 1.29 is 0 Å². The first-order valence-corrected chi connectivity index (χ1v) is 27.2. The van der Waals surface area contributed by atoms with Crippen LogP contribution in [0.25, 0.3) is 0 Å². The van der Waals surface area contributed by atoms with E-state index in [9.17, 15) is 0 Å². The Morgan fingerprint density at radius 3 is 0.578 bits per heavy atom. The van der Waals surface area contributed by atoms with Crippen LogP contribution in [0, 0.1) is 52.8 Å². The molecular formula is C62H94P2. The van der Waals surface area contributed by atoms with Crippen molar-refractivity contribution in [3.05, 3.63) is 140 Å². The first kappa shape index (κ1) is 52.7. The molecule has 0 heterocycles. The lowest BCUT2D eigenvalue weighted by atomic mass is 9.48. The van der Waals surface area contributed by atoms with Gasteiger partial charge in [-0.2, -0.15) is 0 Å². The monoisotopic (exact) mass is 901 g/mol. The molecule has 0 amide bonds. The Bertz CT molecular complexity index is 1720. The third-order valence-corrected chi connectivity index (χ3v) is 16.3. The van der Waals surface area contributed by atoms with Gasteiger partial charge in [0, 0.05) is 15.7 Å². The van der Waals surface area contributed by atoms with Gasteiger partial charge in [-0.25, -0.2) is 0 Å². The van der Waals surface area contributed by atoms with Crippen molar-refractivity contribution in [3.63, 3.8) is 0 Å². The van der Waals surface area contributed by atoms with Gasteiger partial charge in [0.25, 0.3) is 0 Å². The summed E-state index contributed by atoms with van der Waals surface area (Å²) in [5, 5.41) is -0.772. The molecule has 0 aromatic heterocycles. The second kappa shape index (κ2) is 22.2. The Balaban J connectivity index is 2.05. The van der Waals surface area contributed by atoms with Crippen LogP contribution in [0.3, 0.4) is 0 Å². The first-order valence-electron chi connectivity index (χ1n) is 26.0. The maximum atomic E-state index is 3.79. The standard InChI is InChI=1S/C62H94P2/c1-40(2)20-48-28-49(21-41(3)4)33-56(32-48)61(63,57-34-50(22-42(5)6)29-51(35-57)23-43(7)8)60(18-17-19-60)62(64,58-36-52(24-44(9)10)30-53(37-58)25-45(11)12)59-38-54(26-46(13)14)31-55(39-59)27-47(15)16/h28-47H,17-27,63-64H2,1-16H3. The Labute approximate surface area is 400 Å². The molecule has 0 spiro atoms. The molecule has 1 saturated carbocycles. The zero-order chi connectivity index (χ0) is 47.3. The summed E-state index contributed by atoms with van der Waals surface area (Å²) < 4.78 is 0. The van der Waals surface area contributed by atoms with Gasteiger partial charge in [-0.3, -0.25) is 0 Å². The van der Waals surface area contributed by atoms with Crippen LogP contribution >= 0.6 is 18.5 Å². The van der Waals surface area contributed by atoms with E-state index in [1.165, 1.54) is 73.2 Å². The first-order chi connectivity index (χ1) is 29.9. The van der Waals surface area contributed by atoms with Crippen molar-refractivity contribution in [3.8, 4) is 0 Å². The Morgan fingerprint density at radius 2 is 0.469 bits per heavy atom. The minimum atomic E-state index is -0.386. The minimum absolute atomic E-state index is 0.177. The third-order valence-electron chi connectivity index (χ3n) is 13.9. The number of rotatable bonds is 22. The van der Waals surface area contributed by atoms with Crippen LogP contribution in [-0.2, 0) is 61.7 Å². The molecule has 5 rings (SSSR count). The SMILES string of the molecule is CC(C)Cc1cc(CC(C)C)cc(C(P)(c2cc(CC(C)C)cc(CC(C)C)c2)C2(C(P)(c3cc(CC(C)C)cc(CC(C)C)c3)c3cc(CC(C)C)cc(CC(C)C)c3)CCC2)c1. The van der Waals surface area contributed by atoms with E-state index in [4.69, 9.17) is 0 Å². The van der Waals surface area contributed by atoms with Crippen molar-refractivity contribution in [2.24, 2.45) is 52.8 Å². The molecule has 1 aliphatic carbocycles. The second-order valence-electron chi connectivity index (χ2n) is 24.5. The summed E-state index contributed by atoms with van der Waals surface area (Å²) in [4.78, 5) is 0. The van der Waals surface area contributed by atoms with Crippen LogP contribution in [0.15, 0.2) is 72.8 Å². The van der Waals surface area contributed by atoms with E-state index in [1.54, 1.807) is 0 Å². The summed E-state index contributed by atoms with van der Waals surface area (Å²) >= 11 is 0. The fourth-order valence-electron chi connectivity index (χ4n) is 11.7. The zero-order valence-electron chi connectivity index (χ0n) is 44.0. The van der Waals surface area contributed by atoms with Crippen LogP contribution in [0.1, 0.15) is 197 Å². The third kappa shape index (κ3) is 12.6. The Kier molecular flexibility index (Phi) is 18.3. The van der Waals surface area contributed by atoms with Crippen molar-refractivity contribution in [1.29, 1.82) is 0 Å². The van der Waals surface area contributed by atoms with Crippen LogP contribution in [-0.4, -0.2) is 0 Å². The lowest BCUT2D eigenvalue weighted by molar-refractivity contribution is 0.0508. The highest BCUT2D eigenvalue weighted by Crippen LogP contribution is 2.73. The molecule has 0 bridgehead atoms. The Hall–Kier alpha value is -2.26. The maximum absolute atomic E-state index is 3.79. The van der Waals surface area contributed by atoms with Gasteiger partial charge in [0.2, 0.25) is 0 Å². The van der Waals surface area contributed by atoms with E-state index in [1.807, 2.05) is 0 Å². The molecule has 1 fully saturated rings. The molecule has 0 saturated heterocycles. The predicted molar refractivity (Wildman–Crippen MR) is 291 cm³/mol. The van der Waals surface area contributed by atoms with E-state index in [-0.39, 0.29) is 15.7 Å². The molecule has 0 aliphatic heterocycles. The van der Waals surface area contributed by atoms with Crippen LogP contribution < -0.4 is 0 Å². The van der Waals surface area contributed by atoms with Crippen molar-refractivity contribution in [2.45, 2.75) is 192 Å². The second-order valence-corrected chi connectivity index (χ2v) is 26.2. The van der Waals surface area contributed by atoms with E-state index < -0.39 is 0 Å². The van der Waals surface area contributed by atoms with Gasteiger partial charge in [0.15, 0.2) is 0 Å². The summed E-state index contributed by atoms with van der Waals surface area (Å²) in [5.74, 6) is 4.65. The summed E-state index contributed by atoms with van der Waals surface area (Å²) in [5.41, 5.74) is 17.8. The van der Waals surface area contributed by atoms with E-state index in [0.29, 0.717) is 47.3 Å². The molecule has 0 nitrogen and oxygen atoms in total. The average molecular weight is 901 g/mol. The molecule has 352 valence electrons. The van der Waals surface area contributed by atoms with E-state index in [0.717, 1.165) is 64.2 Å². The molecule has 2 heteroatoms. The molecule has 1 aliphatic rings. The highest BCUT2D eigenvalue weighted by molar-refractivity contribution is 7.20. The Morgan fingerprint density at radius 1 is 0.312 bits per heavy atom. The van der Waals surface area contributed by atoms with Crippen LogP contribution in [0.2, 0.25) is 0 Å². The predicted octanol–water partition coefficient (Wildman–Crippen LogP) is 17.4. The highest BCUT2D eigenvalue weighted by atomic mass is 31.0. The van der Waals surface area contributed by atoms with Gasteiger partial charge in [0.05, 0.1) is 0 Å². The summed E-state index contributed by atoms with van der Waals surface area (Å²) in [7, 11) is 7.57. The normalized spacial score (nSPS) is 14.7. The lowest BCUT2D eigenvalue weighted by Gasteiger charge is -2.64. The summed E-state index contributed by atoms with van der Waals surface area (Å²) in [6.45, 7) is 38.4. The molecule has 4 aromatic rings. The molecule has 2 unspecified atom stereocenters. The maximum Gasteiger partial charge on any atom is 0.0415 e.